The number of aryl methyl sites for hydroxylation is 1. The number of methoxy groups -OCH3 is 2. The third-order valence-corrected chi connectivity index (χ3v) is 6.41. The fourth-order valence-electron chi connectivity index (χ4n) is 4.59. The van der Waals surface area contributed by atoms with Crippen LogP contribution in [0.1, 0.15) is 41.6 Å². The number of rotatable bonds is 9. The van der Waals surface area contributed by atoms with Gasteiger partial charge in [0.1, 0.15) is 18.1 Å². The summed E-state index contributed by atoms with van der Waals surface area (Å²) in [7, 11) is 3.11. The molecular formula is C30H31NO6. The molecule has 0 spiro atoms. The Morgan fingerprint density at radius 2 is 1.62 bits per heavy atom. The molecule has 0 saturated carbocycles. The van der Waals surface area contributed by atoms with Crippen LogP contribution in [0.5, 0.6) is 17.2 Å². The van der Waals surface area contributed by atoms with Crippen molar-refractivity contribution in [1.82, 2.24) is 4.90 Å². The maximum absolute atomic E-state index is 13.2. The fraction of sp³-hybridized carbons (Fsp3) is 0.267. The van der Waals surface area contributed by atoms with E-state index in [9.17, 15) is 14.7 Å². The topological polar surface area (TPSA) is 85.3 Å². The quantitative estimate of drug-likeness (QED) is 0.239. The number of ether oxygens (including phenoxy) is 3. The number of amides is 1. The smallest absolute Gasteiger partial charge is 0.295 e. The molecule has 1 fully saturated rings. The van der Waals surface area contributed by atoms with Crippen LogP contribution in [0.2, 0.25) is 0 Å². The first kappa shape index (κ1) is 25.8. The van der Waals surface area contributed by atoms with Crippen LogP contribution in [-0.2, 0) is 16.2 Å². The van der Waals surface area contributed by atoms with E-state index in [1.165, 1.54) is 12.0 Å². The van der Waals surface area contributed by atoms with Crippen LogP contribution in [-0.4, -0.2) is 42.5 Å². The Balaban J connectivity index is 1.76. The highest BCUT2D eigenvalue weighted by molar-refractivity contribution is 6.46. The van der Waals surface area contributed by atoms with Crippen LogP contribution in [0.4, 0.5) is 0 Å². The summed E-state index contributed by atoms with van der Waals surface area (Å²) in [4.78, 5) is 27.7. The van der Waals surface area contributed by atoms with Crippen molar-refractivity contribution in [2.75, 3.05) is 20.8 Å². The van der Waals surface area contributed by atoms with Crippen molar-refractivity contribution < 1.29 is 28.9 Å². The van der Waals surface area contributed by atoms with Crippen LogP contribution < -0.4 is 14.2 Å². The van der Waals surface area contributed by atoms with Crippen molar-refractivity contribution in [1.29, 1.82) is 0 Å². The molecule has 4 rings (SSSR count). The summed E-state index contributed by atoms with van der Waals surface area (Å²) in [6.45, 7) is 4.51. The molecule has 0 aromatic heterocycles. The third kappa shape index (κ3) is 5.16. The molecule has 3 aromatic rings. The number of nitrogens with zero attached hydrogens (tertiary/aromatic N) is 1. The van der Waals surface area contributed by atoms with E-state index < -0.39 is 17.7 Å². The average Bonchev–Trinajstić information content (AvgIpc) is 3.17. The number of carbonyl (C=O) groups is 2. The Morgan fingerprint density at radius 1 is 0.919 bits per heavy atom. The number of Topliss-reactive ketones (excluding diaryl/α,β-unsaturated/α-hetero) is 1. The Bertz CT molecular complexity index is 1330. The molecule has 1 aliphatic heterocycles. The first-order valence-corrected chi connectivity index (χ1v) is 12.2. The van der Waals surface area contributed by atoms with Crippen molar-refractivity contribution in [2.45, 2.75) is 32.9 Å². The van der Waals surface area contributed by atoms with Crippen molar-refractivity contribution in [3.8, 4) is 17.2 Å². The highest BCUT2D eigenvalue weighted by Gasteiger charge is 2.46. The summed E-state index contributed by atoms with van der Waals surface area (Å²) >= 11 is 0. The van der Waals surface area contributed by atoms with E-state index in [0.29, 0.717) is 47.9 Å². The van der Waals surface area contributed by atoms with Crippen molar-refractivity contribution in [3.05, 3.63) is 94.6 Å². The number of carbonyl (C=O) groups excluding carboxylic acids is 2. The maximum atomic E-state index is 13.2. The molecule has 0 radical (unpaired) electrons. The molecule has 7 nitrogen and oxygen atoms in total. The summed E-state index contributed by atoms with van der Waals surface area (Å²) < 4.78 is 16.9. The molecule has 1 heterocycles. The average molecular weight is 502 g/mol. The zero-order chi connectivity index (χ0) is 26.5. The van der Waals surface area contributed by atoms with Gasteiger partial charge in [-0.25, -0.2) is 0 Å². The van der Waals surface area contributed by atoms with Crippen LogP contribution in [0.15, 0.2) is 72.3 Å². The molecule has 37 heavy (non-hydrogen) atoms. The summed E-state index contributed by atoms with van der Waals surface area (Å²) in [6.07, 6.45) is 0.653. The van der Waals surface area contributed by atoms with Gasteiger partial charge in [0.15, 0.2) is 11.5 Å². The van der Waals surface area contributed by atoms with Crippen molar-refractivity contribution in [2.24, 2.45) is 0 Å². The predicted molar refractivity (Wildman–Crippen MR) is 141 cm³/mol. The minimum atomic E-state index is -0.764. The van der Waals surface area contributed by atoms with E-state index in [4.69, 9.17) is 14.2 Å². The van der Waals surface area contributed by atoms with Gasteiger partial charge in [0.2, 0.25) is 0 Å². The largest absolute Gasteiger partial charge is 0.507 e. The molecule has 1 saturated heterocycles. The second-order valence-electron chi connectivity index (χ2n) is 8.86. The Morgan fingerprint density at radius 3 is 2.27 bits per heavy atom. The number of ketones is 1. The molecule has 1 N–H and O–H groups in total. The van der Waals surface area contributed by atoms with Crippen LogP contribution in [0, 0.1) is 6.92 Å². The van der Waals surface area contributed by atoms with Crippen molar-refractivity contribution >= 4 is 17.4 Å². The van der Waals surface area contributed by atoms with Crippen molar-refractivity contribution in [3.63, 3.8) is 0 Å². The molecular weight excluding hydrogens is 470 g/mol. The predicted octanol–water partition coefficient (Wildman–Crippen LogP) is 5.42. The van der Waals surface area contributed by atoms with Gasteiger partial charge in [-0.1, -0.05) is 43.3 Å². The molecule has 1 aliphatic rings. The second kappa shape index (κ2) is 11.2. The van der Waals surface area contributed by atoms with Gasteiger partial charge in [0, 0.05) is 12.1 Å². The number of benzene rings is 3. The van der Waals surface area contributed by atoms with E-state index >= 15 is 0 Å². The van der Waals surface area contributed by atoms with Gasteiger partial charge in [-0.15, -0.1) is 0 Å². The number of likely N-dealkylation sites (tertiary alicyclic amines) is 1. The van der Waals surface area contributed by atoms with Crippen LogP contribution >= 0.6 is 0 Å². The molecule has 0 aliphatic carbocycles. The first-order valence-electron chi connectivity index (χ1n) is 12.2. The van der Waals surface area contributed by atoms with Gasteiger partial charge in [-0.05, 0) is 60.4 Å². The highest BCUT2D eigenvalue weighted by Crippen LogP contribution is 2.42. The van der Waals surface area contributed by atoms with E-state index in [1.807, 2.05) is 44.2 Å². The minimum Gasteiger partial charge on any atom is -0.507 e. The van der Waals surface area contributed by atoms with Gasteiger partial charge in [0.05, 0.1) is 25.8 Å². The normalized spacial score (nSPS) is 16.6. The first-order chi connectivity index (χ1) is 17.9. The molecule has 1 unspecified atom stereocenters. The monoisotopic (exact) mass is 501 g/mol. The standard InChI is InChI=1S/C30H31NO6/c1-5-15-31-27(21-11-14-24(25(17-21)36-4)37-18-20-9-7-6-8-10-20)26(29(33)30(31)34)28(32)22-12-13-23(35-3)19(2)16-22/h6-14,16-17,27,32H,5,15,18H2,1-4H3/b28-26-. The Hall–Kier alpha value is -4.26. The molecule has 3 aromatic carbocycles. The summed E-state index contributed by atoms with van der Waals surface area (Å²) in [6, 6.07) is 19.5. The molecule has 0 bridgehead atoms. The molecule has 1 atom stereocenters. The SMILES string of the molecule is CCCN1C(=O)C(=O)/C(=C(\O)c2ccc(OC)c(C)c2)C1c1ccc(OCc2ccccc2)c(OC)c1. The van der Waals surface area contributed by atoms with E-state index in [2.05, 4.69) is 0 Å². The second-order valence-corrected chi connectivity index (χ2v) is 8.86. The van der Waals surface area contributed by atoms with Gasteiger partial charge >= 0.3 is 0 Å². The Kier molecular flexibility index (Phi) is 7.82. The summed E-state index contributed by atoms with van der Waals surface area (Å²) in [5, 5.41) is 11.3. The Labute approximate surface area is 216 Å². The lowest BCUT2D eigenvalue weighted by atomic mass is 9.94. The van der Waals surface area contributed by atoms with E-state index in [-0.39, 0.29) is 11.3 Å². The lowest BCUT2D eigenvalue weighted by molar-refractivity contribution is -0.139. The highest BCUT2D eigenvalue weighted by atomic mass is 16.5. The van der Waals surface area contributed by atoms with Gasteiger partial charge in [-0.2, -0.15) is 0 Å². The van der Waals surface area contributed by atoms with Crippen LogP contribution in [0.3, 0.4) is 0 Å². The zero-order valence-electron chi connectivity index (χ0n) is 21.5. The molecule has 1 amide bonds. The number of aliphatic hydroxyl groups excluding tert-OH is 1. The van der Waals surface area contributed by atoms with Gasteiger partial charge in [-0.3, -0.25) is 9.59 Å². The van der Waals surface area contributed by atoms with Crippen LogP contribution in [0.25, 0.3) is 5.76 Å². The summed E-state index contributed by atoms with van der Waals surface area (Å²) in [5.74, 6) is 0.0883. The lowest BCUT2D eigenvalue weighted by Crippen LogP contribution is -2.30. The zero-order valence-corrected chi connectivity index (χ0v) is 21.5. The van der Waals surface area contributed by atoms with E-state index in [0.717, 1.165) is 11.1 Å². The van der Waals surface area contributed by atoms with Gasteiger partial charge in [0.25, 0.3) is 11.7 Å². The third-order valence-electron chi connectivity index (χ3n) is 6.41. The van der Waals surface area contributed by atoms with Gasteiger partial charge < -0.3 is 24.2 Å². The molecule has 192 valence electrons. The summed E-state index contributed by atoms with van der Waals surface area (Å²) in [5.41, 5.74) is 2.94. The lowest BCUT2D eigenvalue weighted by Gasteiger charge is -2.25. The number of hydrogen-bond donors (Lipinski definition) is 1. The number of hydrogen-bond acceptors (Lipinski definition) is 6. The molecule has 7 heteroatoms. The maximum Gasteiger partial charge on any atom is 0.295 e. The number of aliphatic hydroxyl groups is 1. The van der Waals surface area contributed by atoms with E-state index in [1.54, 1.807) is 43.5 Å². The fourth-order valence-corrected chi connectivity index (χ4v) is 4.59. The minimum absolute atomic E-state index is 0.0445.